The molecule has 0 saturated carbocycles. The van der Waals surface area contributed by atoms with Crippen molar-refractivity contribution in [2.45, 2.75) is 144 Å². The Labute approximate surface area is 294 Å². The Balaban J connectivity index is 1.77. The highest BCUT2D eigenvalue weighted by Crippen LogP contribution is 2.23. The second-order valence-electron chi connectivity index (χ2n) is 13.4. The number of hydrogen-bond donors (Lipinski definition) is 0. The minimum atomic E-state index is -0.133. The standard InChI is InChI=1S/C42H68N2O4/c1-5-9-13-15-29-43(27-11-7-3)31-19-25-41(45)47-35-37-21-17-23-39(33-37)40-24-18-22-38(34-40)36-48-42(46)26-20-32-44(28-12-8-4)30-16-14-10-6-2/h17-18,21-24,33-34H,5-16,19-20,25-32,35-36H2,1-4H3. The molecule has 0 amide bonds. The van der Waals surface area contributed by atoms with Crippen LogP contribution in [0.5, 0.6) is 0 Å². The van der Waals surface area contributed by atoms with Gasteiger partial charge in [0, 0.05) is 12.8 Å². The lowest BCUT2D eigenvalue weighted by molar-refractivity contribution is -0.146. The number of carbonyl (C=O) groups excluding carboxylic acids is 2. The van der Waals surface area contributed by atoms with Crippen molar-refractivity contribution in [2.75, 3.05) is 39.3 Å². The zero-order valence-electron chi connectivity index (χ0n) is 31.1. The maximum Gasteiger partial charge on any atom is 0.306 e. The van der Waals surface area contributed by atoms with Gasteiger partial charge in [-0.2, -0.15) is 0 Å². The van der Waals surface area contributed by atoms with Crippen LogP contribution in [-0.4, -0.2) is 61.0 Å². The van der Waals surface area contributed by atoms with Gasteiger partial charge in [0.15, 0.2) is 0 Å². The highest BCUT2D eigenvalue weighted by molar-refractivity contribution is 5.70. The molecule has 0 bridgehead atoms. The van der Waals surface area contributed by atoms with E-state index >= 15 is 0 Å². The van der Waals surface area contributed by atoms with Gasteiger partial charge < -0.3 is 19.3 Å². The summed E-state index contributed by atoms with van der Waals surface area (Å²) in [5, 5.41) is 0. The van der Waals surface area contributed by atoms with E-state index in [1.165, 1.54) is 77.0 Å². The molecule has 0 spiro atoms. The van der Waals surface area contributed by atoms with E-state index in [0.717, 1.165) is 74.4 Å². The van der Waals surface area contributed by atoms with Crippen molar-refractivity contribution < 1.29 is 19.1 Å². The molecule has 0 N–H and O–H groups in total. The molecule has 48 heavy (non-hydrogen) atoms. The van der Waals surface area contributed by atoms with Crippen LogP contribution in [0.25, 0.3) is 11.1 Å². The lowest BCUT2D eigenvalue weighted by Gasteiger charge is -2.22. The van der Waals surface area contributed by atoms with Gasteiger partial charge in [0.25, 0.3) is 0 Å². The fraction of sp³-hybridized carbons (Fsp3) is 0.667. The van der Waals surface area contributed by atoms with Crippen molar-refractivity contribution in [3.8, 4) is 11.1 Å². The number of esters is 2. The quantitative estimate of drug-likeness (QED) is 0.0637. The van der Waals surface area contributed by atoms with Crippen LogP contribution in [0.3, 0.4) is 0 Å². The van der Waals surface area contributed by atoms with Crippen LogP contribution in [0.15, 0.2) is 48.5 Å². The van der Waals surface area contributed by atoms with Crippen LogP contribution >= 0.6 is 0 Å². The summed E-state index contributed by atoms with van der Waals surface area (Å²) in [6, 6.07) is 16.3. The summed E-state index contributed by atoms with van der Waals surface area (Å²) in [4.78, 5) is 30.2. The lowest BCUT2D eigenvalue weighted by atomic mass is 10.0. The lowest BCUT2D eigenvalue weighted by Crippen LogP contribution is -2.27. The number of ether oxygens (including phenoxy) is 2. The number of hydrogen-bond acceptors (Lipinski definition) is 6. The summed E-state index contributed by atoms with van der Waals surface area (Å²) in [5.74, 6) is -0.266. The zero-order valence-corrected chi connectivity index (χ0v) is 31.1. The normalized spacial score (nSPS) is 11.4. The van der Waals surface area contributed by atoms with Crippen molar-refractivity contribution in [1.82, 2.24) is 9.80 Å². The summed E-state index contributed by atoms with van der Waals surface area (Å²) in [5.41, 5.74) is 4.04. The van der Waals surface area contributed by atoms with Gasteiger partial charge in [-0.05, 0) is 112 Å². The summed E-state index contributed by atoms with van der Waals surface area (Å²) >= 11 is 0. The first-order valence-corrected chi connectivity index (χ1v) is 19.4. The van der Waals surface area contributed by atoms with Gasteiger partial charge in [0.2, 0.25) is 0 Å². The first-order chi connectivity index (χ1) is 23.5. The minimum absolute atomic E-state index is 0.133. The molecule has 0 saturated heterocycles. The average molecular weight is 665 g/mol. The molecule has 6 nitrogen and oxygen atoms in total. The van der Waals surface area contributed by atoms with Gasteiger partial charge in [-0.15, -0.1) is 0 Å². The van der Waals surface area contributed by atoms with Gasteiger partial charge >= 0.3 is 11.9 Å². The monoisotopic (exact) mass is 665 g/mol. The molecule has 0 aromatic heterocycles. The van der Waals surface area contributed by atoms with Gasteiger partial charge in [-0.1, -0.05) is 115 Å². The molecule has 0 unspecified atom stereocenters. The molecule has 2 rings (SSSR count). The van der Waals surface area contributed by atoms with Crippen molar-refractivity contribution >= 4 is 11.9 Å². The maximum atomic E-state index is 12.6. The van der Waals surface area contributed by atoms with E-state index in [9.17, 15) is 9.59 Å². The van der Waals surface area contributed by atoms with E-state index in [4.69, 9.17) is 9.47 Å². The molecular formula is C42H68N2O4. The molecule has 0 aliphatic carbocycles. The smallest absolute Gasteiger partial charge is 0.306 e. The predicted molar refractivity (Wildman–Crippen MR) is 201 cm³/mol. The fourth-order valence-corrected chi connectivity index (χ4v) is 6.01. The molecule has 2 aromatic carbocycles. The Morgan fingerprint density at radius 2 is 0.854 bits per heavy atom. The molecule has 6 heteroatoms. The zero-order chi connectivity index (χ0) is 34.7. The van der Waals surface area contributed by atoms with E-state index in [2.05, 4.69) is 61.8 Å². The molecule has 0 fully saturated rings. The molecular weight excluding hydrogens is 596 g/mol. The van der Waals surface area contributed by atoms with E-state index in [0.29, 0.717) is 12.8 Å². The summed E-state index contributed by atoms with van der Waals surface area (Å²) in [6.07, 6.45) is 17.6. The molecule has 0 radical (unpaired) electrons. The van der Waals surface area contributed by atoms with Crippen LogP contribution in [0.1, 0.15) is 142 Å². The number of unbranched alkanes of at least 4 members (excludes halogenated alkanes) is 8. The van der Waals surface area contributed by atoms with E-state index in [-0.39, 0.29) is 25.2 Å². The minimum Gasteiger partial charge on any atom is -0.461 e. The Bertz CT molecular complexity index is 1030. The molecule has 0 aliphatic heterocycles. The Morgan fingerprint density at radius 1 is 0.479 bits per heavy atom. The Kier molecular flexibility index (Phi) is 23.5. The van der Waals surface area contributed by atoms with Gasteiger partial charge in [-0.3, -0.25) is 9.59 Å². The van der Waals surface area contributed by atoms with Crippen LogP contribution in [0.2, 0.25) is 0 Å². The summed E-state index contributed by atoms with van der Waals surface area (Å²) in [7, 11) is 0. The van der Waals surface area contributed by atoms with Crippen LogP contribution in [-0.2, 0) is 32.3 Å². The van der Waals surface area contributed by atoms with Gasteiger partial charge in [0.1, 0.15) is 13.2 Å². The predicted octanol–water partition coefficient (Wildman–Crippen LogP) is 10.4. The van der Waals surface area contributed by atoms with Crippen LogP contribution in [0, 0.1) is 0 Å². The fourth-order valence-electron chi connectivity index (χ4n) is 6.01. The third-order valence-electron chi connectivity index (χ3n) is 9.01. The SMILES string of the molecule is CCCCCCN(CCCC)CCCC(=O)OCc1cccc(-c2cccc(COC(=O)CCCN(CCCC)CCCCCC)c2)c1. The topological polar surface area (TPSA) is 59.1 Å². The number of nitrogens with zero attached hydrogens (tertiary/aromatic N) is 2. The number of benzene rings is 2. The molecule has 270 valence electrons. The second-order valence-corrected chi connectivity index (χ2v) is 13.4. The van der Waals surface area contributed by atoms with E-state index in [1.807, 2.05) is 24.3 Å². The third kappa shape index (κ3) is 19.3. The molecule has 2 aromatic rings. The maximum absolute atomic E-state index is 12.6. The molecule has 0 atom stereocenters. The van der Waals surface area contributed by atoms with Crippen LogP contribution in [0.4, 0.5) is 0 Å². The van der Waals surface area contributed by atoms with Gasteiger partial charge in [-0.25, -0.2) is 0 Å². The van der Waals surface area contributed by atoms with Crippen molar-refractivity contribution in [1.29, 1.82) is 0 Å². The van der Waals surface area contributed by atoms with Crippen molar-refractivity contribution in [3.63, 3.8) is 0 Å². The molecule has 0 aliphatic rings. The van der Waals surface area contributed by atoms with E-state index < -0.39 is 0 Å². The molecule has 0 heterocycles. The van der Waals surface area contributed by atoms with Crippen molar-refractivity contribution in [3.05, 3.63) is 59.7 Å². The first-order valence-electron chi connectivity index (χ1n) is 19.4. The van der Waals surface area contributed by atoms with Crippen molar-refractivity contribution in [2.24, 2.45) is 0 Å². The number of carbonyl (C=O) groups is 2. The van der Waals surface area contributed by atoms with Crippen LogP contribution < -0.4 is 0 Å². The Morgan fingerprint density at radius 3 is 1.25 bits per heavy atom. The van der Waals surface area contributed by atoms with E-state index in [1.54, 1.807) is 0 Å². The second kappa shape index (κ2) is 27.2. The average Bonchev–Trinajstić information content (AvgIpc) is 3.11. The third-order valence-corrected chi connectivity index (χ3v) is 9.01. The highest BCUT2D eigenvalue weighted by atomic mass is 16.5. The number of rotatable bonds is 29. The summed E-state index contributed by atoms with van der Waals surface area (Å²) in [6.45, 7) is 15.9. The Hall–Kier alpha value is -2.70. The highest BCUT2D eigenvalue weighted by Gasteiger charge is 2.11. The summed E-state index contributed by atoms with van der Waals surface area (Å²) < 4.78 is 11.3. The van der Waals surface area contributed by atoms with Gasteiger partial charge in [0.05, 0.1) is 0 Å². The largest absolute Gasteiger partial charge is 0.461 e. The first kappa shape index (κ1) is 41.5.